The molecule has 2 rings (SSSR count). The SMILES string of the molecule is O=C(O)CCC(NC(=O)c1ccccc1)C(=O)N1CCCC1. The van der Waals surface area contributed by atoms with Crippen LogP contribution in [0.3, 0.4) is 0 Å². The molecule has 1 unspecified atom stereocenters. The Morgan fingerprint density at radius 2 is 1.77 bits per heavy atom. The highest BCUT2D eigenvalue weighted by Crippen LogP contribution is 2.12. The van der Waals surface area contributed by atoms with E-state index in [0.717, 1.165) is 12.8 Å². The van der Waals surface area contributed by atoms with Crippen LogP contribution in [0.2, 0.25) is 0 Å². The molecular weight excluding hydrogens is 284 g/mol. The molecule has 0 saturated carbocycles. The van der Waals surface area contributed by atoms with Gasteiger partial charge in [-0.3, -0.25) is 14.4 Å². The van der Waals surface area contributed by atoms with Crippen molar-refractivity contribution in [3.05, 3.63) is 35.9 Å². The minimum atomic E-state index is -0.979. The summed E-state index contributed by atoms with van der Waals surface area (Å²) in [5, 5.41) is 11.5. The predicted octanol–water partition coefficient (Wildman–Crippen LogP) is 1.27. The van der Waals surface area contributed by atoms with E-state index < -0.39 is 12.0 Å². The summed E-state index contributed by atoms with van der Waals surface area (Å²) in [4.78, 5) is 37.1. The third-order valence-corrected chi connectivity index (χ3v) is 3.70. The summed E-state index contributed by atoms with van der Waals surface area (Å²) in [6.07, 6.45) is 1.84. The smallest absolute Gasteiger partial charge is 0.303 e. The Balaban J connectivity index is 2.04. The van der Waals surface area contributed by atoms with Gasteiger partial charge in [-0.15, -0.1) is 0 Å². The molecule has 1 aliphatic rings. The lowest BCUT2D eigenvalue weighted by Gasteiger charge is -2.23. The van der Waals surface area contributed by atoms with E-state index in [9.17, 15) is 14.4 Å². The summed E-state index contributed by atoms with van der Waals surface area (Å²) >= 11 is 0. The second-order valence-corrected chi connectivity index (χ2v) is 5.36. The molecule has 1 saturated heterocycles. The molecule has 2 N–H and O–H groups in total. The van der Waals surface area contributed by atoms with E-state index in [1.165, 1.54) is 0 Å². The highest BCUT2D eigenvalue weighted by Gasteiger charge is 2.28. The Hall–Kier alpha value is -2.37. The van der Waals surface area contributed by atoms with Gasteiger partial charge in [0.2, 0.25) is 5.91 Å². The van der Waals surface area contributed by atoms with Crippen molar-refractivity contribution in [2.75, 3.05) is 13.1 Å². The number of carbonyl (C=O) groups excluding carboxylic acids is 2. The maximum atomic E-state index is 12.4. The molecule has 2 amide bonds. The van der Waals surface area contributed by atoms with Gasteiger partial charge in [-0.25, -0.2) is 0 Å². The van der Waals surface area contributed by atoms with Crippen molar-refractivity contribution in [3.8, 4) is 0 Å². The number of hydrogen-bond donors (Lipinski definition) is 2. The van der Waals surface area contributed by atoms with Crippen molar-refractivity contribution < 1.29 is 19.5 Å². The lowest BCUT2D eigenvalue weighted by Crippen LogP contribution is -2.48. The van der Waals surface area contributed by atoms with Crippen LogP contribution in [0.25, 0.3) is 0 Å². The number of carboxylic acids is 1. The zero-order valence-corrected chi connectivity index (χ0v) is 12.3. The van der Waals surface area contributed by atoms with Gasteiger partial charge in [-0.2, -0.15) is 0 Å². The topological polar surface area (TPSA) is 86.7 Å². The quantitative estimate of drug-likeness (QED) is 0.828. The Kier molecular flexibility index (Phi) is 5.52. The molecule has 22 heavy (non-hydrogen) atoms. The van der Waals surface area contributed by atoms with Gasteiger partial charge in [0.1, 0.15) is 6.04 Å². The Morgan fingerprint density at radius 3 is 2.36 bits per heavy atom. The van der Waals surface area contributed by atoms with Crippen LogP contribution in [0.15, 0.2) is 30.3 Å². The van der Waals surface area contributed by atoms with E-state index in [4.69, 9.17) is 5.11 Å². The molecule has 6 nitrogen and oxygen atoms in total. The van der Waals surface area contributed by atoms with E-state index in [1.807, 2.05) is 0 Å². The zero-order valence-electron chi connectivity index (χ0n) is 12.3. The summed E-state index contributed by atoms with van der Waals surface area (Å²) in [7, 11) is 0. The minimum absolute atomic E-state index is 0.100. The zero-order chi connectivity index (χ0) is 15.9. The predicted molar refractivity (Wildman–Crippen MR) is 80.4 cm³/mol. The monoisotopic (exact) mass is 304 g/mol. The van der Waals surface area contributed by atoms with Gasteiger partial charge >= 0.3 is 5.97 Å². The van der Waals surface area contributed by atoms with Gasteiger partial charge in [-0.05, 0) is 31.4 Å². The molecule has 1 aromatic rings. The summed E-state index contributed by atoms with van der Waals surface area (Å²) in [6.45, 7) is 1.34. The van der Waals surface area contributed by atoms with Crippen molar-refractivity contribution >= 4 is 17.8 Å². The summed E-state index contributed by atoms with van der Waals surface area (Å²) in [5.41, 5.74) is 0.456. The Labute approximate surface area is 129 Å². The van der Waals surface area contributed by atoms with Crippen LogP contribution in [0.4, 0.5) is 0 Å². The first kappa shape index (κ1) is 16.0. The van der Waals surface area contributed by atoms with Crippen LogP contribution < -0.4 is 5.32 Å². The van der Waals surface area contributed by atoms with Crippen LogP contribution in [-0.4, -0.2) is 46.9 Å². The second kappa shape index (κ2) is 7.59. The fourth-order valence-electron chi connectivity index (χ4n) is 2.51. The van der Waals surface area contributed by atoms with Crippen LogP contribution in [0.1, 0.15) is 36.0 Å². The first-order valence-corrected chi connectivity index (χ1v) is 7.44. The summed E-state index contributed by atoms with van der Waals surface area (Å²) < 4.78 is 0. The van der Waals surface area contributed by atoms with Crippen LogP contribution in [0.5, 0.6) is 0 Å². The third-order valence-electron chi connectivity index (χ3n) is 3.70. The van der Waals surface area contributed by atoms with E-state index in [0.29, 0.717) is 18.7 Å². The number of aliphatic carboxylic acids is 1. The second-order valence-electron chi connectivity index (χ2n) is 5.36. The first-order chi connectivity index (χ1) is 10.6. The molecule has 0 aliphatic carbocycles. The number of benzene rings is 1. The summed E-state index contributed by atoms with van der Waals surface area (Å²) in [6, 6.07) is 7.80. The maximum absolute atomic E-state index is 12.4. The highest BCUT2D eigenvalue weighted by atomic mass is 16.4. The fraction of sp³-hybridized carbons (Fsp3) is 0.438. The molecule has 0 aromatic heterocycles. The molecule has 118 valence electrons. The first-order valence-electron chi connectivity index (χ1n) is 7.44. The maximum Gasteiger partial charge on any atom is 0.303 e. The number of carbonyl (C=O) groups is 3. The minimum Gasteiger partial charge on any atom is -0.481 e. The van der Waals surface area contributed by atoms with Crippen molar-refractivity contribution in [1.82, 2.24) is 10.2 Å². The average Bonchev–Trinajstić information content (AvgIpc) is 3.05. The lowest BCUT2D eigenvalue weighted by molar-refractivity contribution is -0.137. The molecule has 0 radical (unpaired) electrons. The molecule has 1 fully saturated rings. The molecule has 1 aliphatic heterocycles. The van der Waals surface area contributed by atoms with Gasteiger partial charge in [-0.1, -0.05) is 18.2 Å². The van der Waals surface area contributed by atoms with Crippen molar-refractivity contribution in [3.63, 3.8) is 0 Å². The van der Waals surface area contributed by atoms with E-state index in [1.54, 1.807) is 35.2 Å². The average molecular weight is 304 g/mol. The number of amides is 2. The Bertz CT molecular complexity index is 538. The van der Waals surface area contributed by atoms with Crippen molar-refractivity contribution in [2.45, 2.75) is 31.7 Å². The molecule has 1 atom stereocenters. The standard InChI is InChI=1S/C16H20N2O4/c19-14(20)9-8-13(16(22)18-10-4-5-11-18)17-15(21)12-6-2-1-3-7-12/h1-3,6-7,13H,4-5,8-11H2,(H,17,21)(H,19,20). The number of nitrogens with zero attached hydrogens (tertiary/aromatic N) is 1. The number of rotatable bonds is 6. The third kappa shape index (κ3) is 4.31. The lowest BCUT2D eigenvalue weighted by atomic mass is 10.1. The van der Waals surface area contributed by atoms with Gasteiger partial charge in [0.25, 0.3) is 5.91 Å². The van der Waals surface area contributed by atoms with Gasteiger partial charge in [0.15, 0.2) is 0 Å². The molecule has 0 bridgehead atoms. The highest BCUT2D eigenvalue weighted by molar-refractivity contribution is 5.97. The van der Waals surface area contributed by atoms with Crippen molar-refractivity contribution in [2.24, 2.45) is 0 Å². The van der Waals surface area contributed by atoms with Gasteiger partial charge < -0.3 is 15.3 Å². The molecule has 1 heterocycles. The van der Waals surface area contributed by atoms with Crippen molar-refractivity contribution in [1.29, 1.82) is 0 Å². The van der Waals surface area contributed by atoms with Crippen LogP contribution >= 0.6 is 0 Å². The van der Waals surface area contributed by atoms with E-state index >= 15 is 0 Å². The molecule has 6 heteroatoms. The molecule has 0 spiro atoms. The van der Waals surface area contributed by atoms with Gasteiger partial charge in [0, 0.05) is 25.1 Å². The number of hydrogen-bond acceptors (Lipinski definition) is 3. The fourth-order valence-corrected chi connectivity index (χ4v) is 2.51. The van der Waals surface area contributed by atoms with Crippen LogP contribution in [0, 0.1) is 0 Å². The summed E-state index contributed by atoms with van der Waals surface area (Å²) in [5.74, 6) is -1.53. The van der Waals surface area contributed by atoms with Crippen LogP contribution in [-0.2, 0) is 9.59 Å². The molecule has 1 aromatic carbocycles. The number of nitrogens with one attached hydrogen (secondary N) is 1. The van der Waals surface area contributed by atoms with E-state index in [2.05, 4.69) is 5.32 Å². The number of carboxylic acid groups (broad SMARTS) is 1. The number of likely N-dealkylation sites (tertiary alicyclic amines) is 1. The van der Waals surface area contributed by atoms with Gasteiger partial charge in [0.05, 0.1) is 0 Å². The molecular formula is C16H20N2O4. The normalized spacial score (nSPS) is 15.4. The van der Waals surface area contributed by atoms with E-state index in [-0.39, 0.29) is 24.7 Å². The Morgan fingerprint density at radius 1 is 1.14 bits per heavy atom. The largest absolute Gasteiger partial charge is 0.481 e.